The van der Waals surface area contributed by atoms with Crippen molar-refractivity contribution < 1.29 is 9.90 Å². The minimum absolute atomic E-state index is 0.496. The van der Waals surface area contributed by atoms with Crippen molar-refractivity contribution in [2.24, 2.45) is 0 Å². The number of aromatic nitrogens is 2. The molecule has 0 bridgehead atoms. The molecular weight excluding hydrogens is 168 g/mol. The van der Waals surface area contributed by atoms with Gasteiger partial charge in [0.2, 0.25) is 0 Å². The van der Waals surface area contributed by atoms with Gasteiger partial charge in [0.1, 0.15) is 5.69 Å². The zero-order chi connectivity index (χ0) is 9.68. The molecule has 0 fully saturated rings. The van der Waals surface area contributed by atoms with E-state index in [2.05, 4.69) is 11.0 Å². The monoisotopic (exact) mass is 178 g/mol. The summed E-state index contributed by atoms with van der Waals surface area (Å²) in [5, 5.41) is 12.3. The molecule has 0 saturated heterocycles. The van der Waals surface area contributed by atoms with E-state index in [-0.39, 0.29) is 0 Å². The van der Waals surface area contributed by atoms with Crippen LogP contribution < -0.4 is 0 Å². The van der Waals surface area contributed by atoms with Crippen molar-refractivity contribution in [2.45, 2.75) is 19.9 Å². The fourth-order valence-electron chi connectivity index (χ4n) is 0.899. The molecule has 1 heterocycles. The van der Waals surface area contributed by atoms with Gasteiger partial charge in [0.25, 0.3) is 0 Å². The van der Waals surface area contributed by atoms with Crippen molar-refractivity contribution in [1.82, 2.24) is 9.78 Å². The average molecular weight is 178 g/mol. The molecule has 0 aliphatic heterocycles. The Balaban J connectivity index is 2.70. The number of carboxylic acids is 1. The molecule has 0 atom stereocenters. The first-order chi connectivity index (χ1) is 6.22. The summed E-state index contributed by atoms with van der Waals surface area (Å²) in [7, 11) is 0. The van der Waals surface area contributed by atoms with E-state index in [0.29, 0.717) is 5.69 Å². The van der Waals surface area contributed by atoms with E-state index in [0.717, 1.165) is 13.0 Å². The Morgan fingerprint density at radius 1 is 1.77 bits per heavy atom. The van der Waals surface area contributed by atoms with Gasteiger partial charge in [0, 0.05) is 18.7 Å². The lowest BCUT2D eigenvalue weighted by Crippen LogP contribution is -1.97. The quantitative estimate of drug-likeness (QED) is 0.679. The van der Waals surface area contributed by atoms with Crippen LogP contribution in [0.15, 0.2) is 12.3 Å². The summed E-state index contributed by atoms with van der Waals surface area (Å²) < 4.78 is 1.74. The van der Waals surface area contributed by atoms with Gasteiger partial charge in [-0.15, -0.1) is 0 Å². The Kier molecular flexibility index (Phi) is 3.09. The van der Waals surface area contributed by atoms with E-state index in [1.807, 2.05) is 12.8 Å². The molecule has 0 unspecified atom stereocenters. The SMILES string of the molecule is CCCn1ccc(C#CC(=O)O)n1. The van der Waals surface area contributed by atoms with E-state index >= 15 is 0 Å². The molecule has 0 spiro atoms. The standard InChI is InChI=1S/C9H10N2O2/c1-2-6-11-7-5-8(10-11)3-4-9(12)13/h5,7H,2,6H2,1H3,(H,12,13). The fourth-order valence-corrected chi connectivity index (χ4v) is 0.899. The van der Waals surface area contributed by atoms with Crippen molar-refractivity contribution >= 4 is 5.97 Å². The highest BCUT2D eigenvalue weighted by atomic mass is 16.4. The highest BCUT2D eigenvalue weighted by Crippen LogP contribution is 1.94. The molecule has 4 heteroatoms. The topological polar surface area (TPSA) is 55.1 Å². The lowest BCUT2D eigenvalue weighted by molar-refractivity contribution is -0.130. The predicted molar refractivity (Wildman–Crippen MR) is 47.0 cm³/mol. The number of carbonyl (C=O) groups is 1. The minimum atomic E-state index is -1.13. The molecule has 0 aliphatic rings. The van der Waals surface area contributed by atoms with E-state index < -0.39 is 5.97 Å². The molecule has 68 valence electrons. The van der Waals surface area contributed by atoms with Gasteiger partial charge in [0.05, 0.1) is 0 Å². The van der Waals surface area contributed by atoms with Crippen LogP contribution in [0.1, 0.15) is 19.0 Å². The number of aryl methyl sites for hydroxylation is 1. The Morgan fingerprint density at radius 2 is 2.54 bits per heavy atom. The highest BCUT2D eigenvalue weighted by molar-refractivity contribution is 5.87. The van der Waals surface area contributed by atoms with Crippen LogP contribution in [0.25, 0.3) is 0 Å². The Labute approximate surface area is 76.2 Å². The van der Waals surface area contributed by atoms with Gasteiger partial charge < -0.3 is 5.11 Å². The summed E-state index contributed by atoms with van der Waals surface area (Å²) in [5.41, 5.74) is 0.496. The first-order valence-electron chi connectivity index (χ1n) is 4.00. The van der Waals surface area contributed by atoms with Crippen LogP contribution in [-0.2, 0) is 11.3 Å². The average Bonchev–Trinajstić information content (AvgIpc) is 2.50. The first kappa shape index (κ1) is 9.33. The number of carboxylic acid groups (broad SMARTS) is 1. The third kappa shape index (κ3) is 2.99. The molecule has 4 nitrogen and oxygen atoms in total. The molecule has 1 N–H and O–H groups in total. The number of rotatable bonds is 2. The fraction of sp³-hybridized carbons (Fsp3) is 0.333. The van der Waals surface area contributed by atoms with Gasteiger partial charge in [-0.2, -0.15) is 5.10 Å². The van der Waals surface area contributed by atoms with Crippen LogP contribution in [0.3, 0.4) is 0 Å². The normalized spacial score (nSPS) is 9.00. The number of aliphatic carboxylic acids is 1. The van der Waals surface area contributed by atoms with Crippen LogP contribution in [0, 0.1) is 11.8 Å². The molecule has 0 aromatic carbocycles. The largest absolute Gasteiger partial charge is 0.472 e. The highest BCUT2D eigenvalue weighted by Gasteiger charge is 1.94. The lowest BCUT2D eigenvalue weighted by atomic mass is 10.4. The first-order valence-corrected chi connectivity index (χ1v) is 4.00. The maximum atomic E-state index is 10.1. The summed E-state index contributed by atoms with van der Waals surface area (Å²) in [5.74, 6) is 3.32. The van der Waals surface area contributed by atoms with Crippen LogP contribution >= 0.6 is 0 Å². The van der Waals surface area contributed by atoms with E-state index in [1.165, 1.54) is 0 Å². The molecule has 0 amide bonds. The number of hydrogen-bond donors (Lipinski definition) is 1. The minimum Gasteiger partial charge on any atom is -0.472 e. The lowest BCUT2D eigenvalue weighted by Gasteiger charge is -1.93. The van der Waals surface area contributed by atoms with Crippen LogP contribution in [-0.4, -0.2) is 20.9 Å². The van der Waals surface area contributed by atoms with Crippen LogP contribution in [0.5, 0.6) is 0 Å². The van der Waals surface area contributed by atoms with Gasteiger partial charge in [-0.05, 0) is 18.4 Å². The Hall–Kier alpha value is -1.76. The zero-order valence-electron chi connectivity index (χ0n) is 7.32. The molecule has 0 saturated carbocycles. The summed E-state index contributed by atoms with van der Waals surface area (Å²) in [6, 6.07) is 1.70. The molecule has 0 aliphatic carbocycles. The van der Waals surface area contributed by atoms with Gasteiger partial charge >= 0.3 is 5.97 Å². The Bertz CT molecular complexity index is 357. The second-order valence-electron chi connectivity index (χ2n) is 2.52. The van der Waals surface area contributed by atoms with E-state index in [1.54, 1.807) is 16.9 Å². The third-order valence-electron chi connectivity index (χ3n) is 1.39. The molecule has 0 radical (unpaired) electrons. The summed E-state index contributed by atoms with van der Waals surface area (Å²) in [4.78, 5) is 10.1. The summed E-state index contributed by atoms with van der Waals surface area (Å²) >= 11 is 0. The van der Waals surface area contributed by atoms with Crippen molar-refractivity contribution in [3.8, 4) is 11.8 Å². The Morgan fingerprint density at radius 3 is 3.15 bits per heavy atom. The van der Waals surface area contributed by atoms with Crippen LogP contribution in [0.2, 0.25) is 0 Å². The second kappa shape index (κ2) is 4.31. The zero-order valence-corrected chi connectivity index (χ0v) is 7.32. The van der Waals surface area contributed by atoms with Crippen LogP contribution in [0.4, 0.5) is 0 Å². The molecule has 1 aromatic heterocycles. The van der Waals surface area contributed by atoms with E-state index in [9.17, 15) is 4.79 Å². The van der Waals surface area contributed by atoms with E-state index in [4.69, 9.17) is 5.11 Å². The summed E-state index contributed by atoms with van der Waals surface area (Å²) in [6.45, 7) is 2.87. The van der Waals surface area contributed by atoms with Crippen molar-refractivity contribution in [3.05, 3.63) is 18.0 Å². The molecular formula is C9H10N2O2. The van der Waals surface area contributed by atoms with Crippen molar-refractivity contribution in [3.63, 3.8) is 0 Å². The van der Waals surface area contributed by atoms with Crippen molar-refractivity contribution in [2.75, 3.05) is 0 Å². The summed E-state index contributed by atoms with van der Waals surface area (Å²) in [6.07, 6.45) is 2.78. The third-order valence-corrected chi connectivity index (χ3v) is 1.39. The van der Waals surface area contributed by atoms with Gasteiger partial charge in [0.15, 0.2) is 0 Å². The predicted octanol–water partition coefficient (Wildman–Crippen LogP) is 0.729. The molecule has 1 aromatic rings. The maximum absolute atomic E-state index is 10.1. The molecule has 13 heavy (non-hydrogen) atoms. The molecule has 1 rings (SSSR count). The smallest absolute Gasteiger partial charge is 0.382 e. The number of nitrogens with zero attached hydrogens (tertiary/aromatic N) is 2. The number of hydrogen-bond acceptors (Lipinski definition) is 2. The van der Waals surface area contributed by atoms with Gasteiger partial charge in [-0.3, -0.25) is 4.68 Å². The van der Waals surface area contributed by atoms with Crippen molar-refractivity contribution in [1.29, 1.82) is 0 Å². The van der Waals surface area contributed by atoms with Gasteiger partial charge in [-0.1, -0.05) is 6.92 Å². The van der Waals surface area contributed by atoms with Gasteiger partial charge in [-0.25, -0.2) is 4.79 Å². The maximum Gasteiger partial charge on any atom is 0.382 e. The second-order valence-corrected chi connectivity index (χ2v) is 2.52.